The highest BCUT2D eigenvalue weighted by Gasteiger charge is 2.03. The second kappa shape index (κ2) is 15.5. The predicted octanol–water partition coefficient (Wildman–Crippen LogP) is 7.82. The van der Waals surface area contributed by atoms with Gasteiger partial charge in [0.25, 0.3) is 0 Å². The maximum atomic E-state index is 11.3. The number of rotatable bonds is 14. The van der Waals surface area contributed by atoms with Gasteiger partial charge in [-0.15, -0.1) is 0 Å². The highest BCUT2D eigenvalue weighted by atomic mass is 16.5. The van der Waals surface area contributed by atoms with E-state index in [0.717, 1.165) is 33.8 Å². The monoisotopic (exact) mass is 538 g/mol. The molecule has 3 aromatic carbocycles. The highest BCUT2D eigenvalue weighted by molar-refractivity contribution is 5.87. The molecule has 0 atom stereocenters. The van der Waals surface area contributed by atoms with E-state index in [1.807, 2.05) is 48.5 Å². The normalized spacial score (nSPS) is 10.8. The van der Waals surface area contributed by atoms with Crippen LogP contribution >= 0.6 is 0 Å². The molecule has 40 heavy (non-hydrogen) atoms. The highest BCUT2D eigenvalue weighted by Crippen LogP contribution is 2.27. The van der Waals surface area contributed by atoms with E-state index in [1.54, 1.807) is 26.0 Å². The lowest BCUT2D eigenvalue weighted by molar-refractivity contribution is -0.134. The van der Waals surface area contributed by atoms with Gasteiger partial charge in [-0.2, -0.15) is 0 Å². The third kappa shape index (κ3) is 9.80. The van der Waals surface area contributed by atoms with E-state index >= 15 is 0 Å². The van der Waals surface area contributed by atoms with Gasteiger partial charge in [0, 0.05) is 24.0 Å². The topological polar surface area (TPSA) is 71.1 Å². The number of hydrogen-bond acceptors (Lipinski definition) is 6. The Morgan fingerprint density at radius 1 is 0.575 bits per heavy atom. The molecule has 0 spiro atoms. The second-order valence-electron chi connectivity index (χ2n) is 9.02. The SMILES string of the molecule is C=C(C)C(=O)O/C=C/CCOc1ccc(-c2ccc(-c3ccc(OCC/C=C/OC(=O)C(=C)C)cc3)cc2)cc1. The zero-order valence-electron chi connectivity index (χ0n) is 22.9. The molecule has 0 fully saturated rings. The van der Waals surface area contributed by atoms with Gasteiger partial charge in [-0.1, -0.05) is 61.7 Å². The fourth-order valence-electron chi connectivity index (χ4n) is 3.39. The fraction of sp³-hybridized carbons (Fsp3) is 0.176. The summed E-state index contributed by atoms with van der Waals surface area (Å²) in [5.74, 6) is 0.674. The molecule has 0 aliphatic rings. The molecule has 0 saturated heterocycles. The number of carbonyl (C=O) groups excluding carboxylic acids is 2. The van der Waals surface area contributed by atoms with E-state index in [4.69, 9.17) is 18.9 Å². The van der Waals surface area contributed by atoms with E-state index in [0.29, 0.717) is 37.2 Å². The lowest BCUT2D eigenvalue weighted by Gasteiger charge is -2.09. The molecule has 0 aliphatic heterocycles. The smallest absolute Gasteiger partial charge is 0.337 e. The van der Waals surface area contributed by atoms with Crippen LogP contribution in [0.25, 0.3) is 22.3 Å². The van der Waals surface area contributed by atoms with Gasteiger partial charge in [-0.05, 0) is 72.5 Å². The molecule has 3 rings (SSSR count). The minimum absolute atomic E-state index is 0.360. The van der Waals surface area contributed by atoms with Crippen molar-refractivity contribution in [2.75, 3.05) is 13.2 Å². The van der Waals surface area contributed by atoms with Crippen molar-refractivity contribution < 1.29 is 28.5 Å². The Labute approximate surface area is 235 Å². The van der Waals surface area contributed by atoms with Crippen LogP contribution in [-0.4, -0.2) is 25.2 Å². The number of hydrogen-bond donors (Lipinski definition) is 0. The van der Waals surface area contributed by atoms with Crippen LogP contribution in [0.2, 0.25) is 0 Å². The first kappa shape index (κ1) is 29.7. The molecule has 6 nitrogen and oxygen atoms in total. The summed E-state index contributed by atoms with van der Waals surface area (Å²) in [4.78, 5) is 22.6. The fourth-order valence-corrected chi connectivity index (χ4v) is 3.39. The molecule has 206 valence electrons. The summed E-state index contributed by atoms with van der Waals surface area (Å²) in [5, 5.41) is 0. The average molecular weight is 539 g/mol. The molecule has 0 amide bonds. The van der Waals surface area contributed by atoms with Crippen molar-refractivity contribution in [3.63, 3.8) is 0 Å². The molecule has 0 N–H and O–H groups in total. The number of esters is 2. The molecule has 3 aromatic rings. The largest absolute Gasteiger partial charge is 0.493 e. The summed E-state index contributed by atoms with van der Waals surface area (Å²) in [5.41, 5.74) is 5.13. The Morgan fingerprint density at radius 2 is 0.875 bits per heavy atom. The summed E-state index contributed by atoms with van der Waals surface area (Å²) >= 11 is 0. The van der Waals surface area contributed by atoms with E-state index in [-0.39, 0.29) is 0 Å². The predicted molar refractivity (Wildman–Crippen MR) is 158 cm³/mol. The van der Waals surface area contributed by atoms with Crippen molar-refractivity contribution >= 4 is 11.9 Å². The third-order valence-corrected chi connectivity index (χ3v) is 5.61. The van der Waals surface area contributed by atoms with Crippen LogP contribution in [0.15, 0.2) is 122 Å². The zero-order valence-corrected chi connectivity index (χ0v) is 22.9. The van der Waals surface area contributed by atoms with Gasteiger partial charge in [0.05, 0.1) is 25.7 Å². The number of carbonyl (C=O) groups is 2. The Bertz CT molecular complexity index is 1240. The van der Waals surface area contributed by atoms with Gasteiger partial charge in [0.2, 0.25) is 0 Å². The Balaban J connectivity index is 1.44. The minimum atomic E-state index is -0.438. The molecule has 0 radical (unpaired) electrons. The molecule has 6 heteroatoms. The van der Waals surface area contributed by atoms with E-state index in [9.17, 15) is 9.59 Å². The van der Waals surface area contributed by atoms with Crippen molar-refractivity contribution in [1.29, 1.82) is 0 Å². The molecule has 0 heterocycles. The van der Waals surface area contributed by atoms with E-state index in [1.165, 1.54) is 12.5 Å². The first-order valence-corrected chi connectivity index (χ1v) is 12.9. The molecule has 0 aliphatic carbocycles. The molecule has 0 aromatic heterocycles. The van der Waals surface area contributed by atoms with Gasteiger partial charge >= 0.3 is 11.9 Å². The third-order valence-electron chi connectivity index (χ3n) is 5.61. The molecular formula is C34H34O6. The van der Waals surface area contributed by atoms with Crippen LogP contribution in [0.3, 0.4) is 0 Å². The van der Waals surface area contributed by atoms with Crippen LogP contribution in [0.4, 0.5) is 0 Å². The maximum Gasteiger partial charge on any atom is 0.337 e. The Hall–Kier alpha value is -4.84. The van der Waals surface area contributed by atoms with Crippen LogP contribution in [0.1, 0.15) is 26.7 Å². The van der Waals surface area contributed by atoms with Crippen molar-refractivity contribution in [1.82, 2.24) is 0 Å². The van der Waals surface area contributed by atoms with Gasteiger partial charge in [0.15, 0.2) is 0 Å². The van der Waals surface area contributed by atoms with Crippen LogP contribution < -0.4 is 9.47 Å². The minimum Gasteiger partial charge on any atom is -0.493 e. The number of benzene rings is 3. The maximum absolute atomic E-state index is 11.3. The van der Waals surface area contributed by atoms with E-state index in [2.05, 4.69) is 37.4 Å². The summed E-state index contributed by atoms with van der Waals surface area (Å²) < 4.78 is 21.3. The lowest BCUT2D eigenvalue weighted by atomic mass is 10.0. The van der Waals surface area contributed by atoms with Crippen molar-refractivity contribution in [2.45, 2.75) is 26.7 Å². The van der Waals surface area contributed by atoms with Gasteiger partial charge in [-0.25, -0.2) is 9.59 Å². The molecule has 0 bridgehead atoms. The standard InChI is InChI=1S/C34H34O6/c1-25(2)33(35)39-23-7-5-21-37-31-17-13-29(14-18-31)27-9-11-28(12-10-27)30-15-19-32(20-16-30)38-22-6-8-24-40-34(36)26(3)4/h7-20,23-24H,1,3,5-6,21-22H2,2,4H3/b23-7+,24-8+. The van der Waals surface area contributed by atoms with Crippen molar-refractivity contribution in [3.8, 4) is 33.8 Å². The van der Waals surface area contributed by atoms with Gasteiger partial charge < -0.3 is 18.9 Å². The van der Waals surface area contributed by atoms with Crippen LogP contribution in [-0.2, 0) is 19.1 Å². The Morgan fingerprint density at radius 3 is 1.18 bits per heavy atom. The van der Waals surface area contributed by atoms with Gasteiger partial charge in [-0.3, -0.25) is 0 Å². The quantitative estimate of drug-likeness (QED) is 0.0902. The van der Waals surface area contributed by atoms with Gasteiger partial charge in [0.1, 0.15) is 11.5 Å². The lowest BCUT2D eigenvalue weighted by Crippen LogP contribution is -1.99. The van der Waals surface area contributed by atoms with Crippen molar-refractivity contribution in [3.05, 3.63) is 122 Å². The average Bonchev–Trinajstić information content (AvgIpc) is 2.97. The van der Waals surface area contributed by atoms with E-state index < -0.39 is 11.9 Å². The van der Waals surface area contributed by atoms with Crippen LogP contribution in [0.5, 0.6) is 11.5 Å². The zero-order chi connectivity index (χ0) is 28.7. The number of ether oxygens (including phenoxy) is 4. The molecule has 0 saturated carbocycles. The first-order valence-electron chi connectivity index (χ1n) is 12.9. The molecular weight excluding hydrogens is 504 g/mol. The molecule has 0 unspecified atom stereocenters. The first-order chi connectivity index (χ1) is 19.3. The van der Waals surface area contributed by atoms with Crippen molar-refractivity contribution in [2.24, 2.45) is 0 Å². The second-order valence-corrected chi connectivity index (χ2v) is 9.02. The van der Waals surface area contributed by atoms with Crippen LogP contribution in [0, 0.1) is 0 Å². The Kier molecular flexibility index (Phi) is 11.5. The summed E-state index contributed by atoms with van der Waals surface area (Å²) in [6.45, 7) is 11.2. The summed E-state index contributed by atoms with van der Waals surface area (Å²) in [6, 6.07) is 24.3. The summed E-state index contributed by atoms with van der Waals surface area (Å²) in [7, 11) is 0. The summed E-state index contributed by atoms with van der Waals surface area (Å²) in [6.07, 6.45) is 7.45.